The molecule has 4 heteroatoms. The molecule has 0 N–H and O–H groups in total. The van der Waals surface area contributed by atoms with Gasteiger partial charge in [-0.15, -0.1) is 0 Å². The van der Waals surface area contributed by atoms with Gasteiger partial charge in [0, 0.05) is 24.1 Å². The summed E-state index contributed by atoms with van der Waals surface area (Å²) < 4.78 is 19.1. The van der Waals surface area contributed by atoms with Crippen LogP contribution in [0.3, 0.4) is 0 Å². The number of carbonyl (C=O) groups is 1. The van der Waals surface area contributed by atoms with Gasteiger partial charge in [-0.05, 0) is 30.9 Å². The lowest BCUT2D eigenvalue weighted by molar-refractivity contribution is -0.132. The third kappa shape index (κ3) is 3.58. The van der Waals surface area contributed by atoms with Gasteiger partial charge in [0.05, 0.1) is 0 Å². The van der Waals surface area contributed by atoms with Crippen molar-refractivity contribution in [2.75, 3.05) is 7.11 Å². The SMILES string of the molecule is COC(C(=O)Cc1c(F)cccc1Cl)C1CCCCC1. The highest BCUT2D eigenvalue weighted by Gasteiger charge is 2.30. The van der Waals surface area contributed by atoms with Crippen LogP contribution in [0.25, 0.3) is 0 Å². The van der Waals surface area contributed by atoms with Crippen molar-refractivity contribution < 1.29 is 13.9 Å². The minimum absolute atomic E-state index is 0.000509. The second-order valence-corrected chi connectivity index (χ2v) is 5.80. The van der Waals surface area contributed by atoms with Gasteiger partial charge < -0.3 is 4.74 Å². The van der Waals surface area contributed by atoms with E-state index in [1.807, 2.05) is 0 Å². The van der Waals surface area contributed by atoms with E-state index in [9.17, 15) is 9.18 Å². The molecule has 0 amide bonds. The molecule has 0 spiro atoms. The molecule has 1 unspecified atom stereocenters. The van der Waals surface area contributed by atoms with Gasteiger partial charge in [-0.1, -0.05) is 36.9 Å². The molecular formula is C16H20ClFO2. The molecule has 1 aliphatic carbocycles. The van der Waals surface area contributed by atoms with Crippen molar-refractivity contribution in [3.63, 3.8) is 0 Å². The first kappa shape index (κ1) is 15.5. The number of benzene rings is 1. The first-order chi connectivity index (χ1) is 9.63. The molecule has 1 atom stereocenters. The fourth-order valence-electron chi connectivity index (χ4n) is 3.00. The first-order valence-electron chi connectivity index (χ1n) is 7.12. The maximum atomic E-state index is 13.7. The van der Waals surface area contributed by atoms with Crippen LogP contribution in [0.15, 0.2) is 18.2 Å². The predicted octanol–water partition coefficient (Wildman–Crippen LogP) is 4.19. The Morgan fingerprint density at radius 3 is 2.70 bits per heavy atom. The Kier molecular flexibility index (Phi) is 5.55. The number of carbonyl (C=O) groups excluding carboxylic acids is 1. The summed E-state index contributed by atoms with van der Waals surface area (Å²) in [5, 5.41) is 0.303. The molecule has 0 aliphatic heterocycles. The summed E-state index contributed by atoms with van der Waals surface area (Å²) in [6.45, 7) is 0. The van der Waals surface area contributed by atoms with Crippen LogP contribution in [-0.4, -0.2) is 19.0 Å². The number of methoxy groups -OCH3 is 1. The van der Waals surface area contributed by atoms with E-state index in [1.165, 1.54) is 12.5 Å². The zero-order chi connectivity index (χ0) is 14.5. The average Bonchev–Trinajstić information content (AvgIpc) is 2.45. The second-order valence-electron chi connectivity index (χ2n) is 5.40. The Labute approximate surface area is 124 Å². The van der Waals surface area contributed by atoms with Gasteiger partial charge in [-0.2, -0.15) is 0 Å². The molecular weight excluding hydrogens is 279 g/mol. The van der Waals surface area contributed by atoms with Gasteiger partial charge in [0.25, 0.3) is 0 Å². The summed E-state index contributed by atoms with van der Waals surface area (Å²) in [6, 6.07) is 4.48. The van der Waals surface area contributed by atoms with Gasteiger partial charge in [0.1, 0.15) is 11.9 Å². The van der Waals surface area contributed by atoms with Crippen LogP contribution in [0.4, 0.5) is 4.39 Å². The Bertz CT molecular complexity index is 449. The van der Waals surface area contributed by atoms with Crippen molar-refractivity contribution in [2.45, 2.75) is 44.6 Å². The van der Waals surface area contributed by atoms with Crippen molar-refractivity contribution >= 4 is 17.4 Å². The molecule has 0 heterocycles. The summed E-state index contributed by atoms with van der Waals surface area (Å²) in [7, 11) is 1.56. The zero-order valence-corrected chi connectivity index (χ0v) is 12.5. The molecule has 2 rings (SSSR count). The molecule has 0 saturated heterocycles. The summed E-state index contributed by atoms with van der Waals surface area (Å²) >= 11 is 5.97. The minimum atomic E-state index is -0.439. The molecule has 1 fully saturated rings. The highest BCUT2D eigenvalue weighted by molar-refractivity contribution is 6.31. The standard InChI is InChI=1S/C16H20ClFO2/c1-20-16(11-6-3-2-4-7-11)15(19)10-12-13(17)8-5-9-14(12)18/h5,8-9,11,16H,2-4,6-7,10H2,1H3. The van der Waals surface area contributed by atoms with E-state index in [1.54, 1.807) is 19.2 Å². The molecule has 20 heavy (non-hydrogen) atoms. The van der Waals surface area contributed by atoms with Crippen LogP contribution in [0, 0.1) is 11.7 Å². The molecule has 1 saturated carbocycles. The third-order valence-corrected chi connectivity index (χ3v) is 4.42. The van der Waals surface area contributed by atoms with E-state index >= 15 is 0 Å². The largest absolute Gasteiger partial charge is 0.373 e. The molecule has 0 aromatic heterocycles. The fourth-order valence-corrected chi connectivity index (χ4v) is 3.23. The lowest BCUT2D eigenvalue weighted by atomic mass is 9.82. The molecule has 1 aromatic rings. The van der Waals surface area contributed by atoms with Gasteiger partial charge in [-0.3, -0.25) is 4.79 Å². The van der Waals surface area contributed by atoms with E-state index in [0.717, 1.165) is 25.7 Å². The maximum Gasteiger partial charge on any atom is 0.166 e. The Morgan fingerprint density at radius 1 is 1.40 bits per heavy atom. The number of Topliss-reactive ketones (excluding diaryl/α,β-unsaturated/α-hetero) is 1. The highest BCUT2D eigenvalue weighted by Crippen LogP contribution is 2.29. The van der Waals surface area contributed by atoms with Crippen molar-refractivity contribution in [1.29, 1.82) is 0 Å². The summed E-state index contributed by atoms with van der Waals surface area (Å²) in [4.78, 5) is 12.4. The number of ether oxygens (including phenoxy) is 1. The molecule has 0 radical (unpaired) electrons. The predicted molar refractivity (Wildman–Crippen MR) is 77.5 cm³/mol. The number of ketones is 1. The van der Waals surface area contributed by atoms with Crippen molar-refractivity contribution in [3.8, 4) is 0 Å². The number of hydrogen-bond donors (Lipinski definition) is 0. The van der Waals surface area contributed by atoms with Crippen LogP contribution in [0.2, 0.25) is 5.02 Å². The van der Waals surface area contributed by atoms with Crippen molar-refractivity contribution in [3.05, 3.63) is 34.6 Å². The molecule has 1 aromatic carbocycles. The Balaban J connectivity index is 2.09. The number of halogens is 2. The topological polar surface area (TPSA) is 26.3 Å². The normalized spacial score (nSPS) is 17.9. The molecule has 2 nitrogen and oxygen atoms in total. The van der Waals surface area contributed by atoms with Crippen molar-refractivity contribution in [1.82, 2.24) is 0 Å². The average molecular weight is 299 g/mol. The van der Waals surface area contributed by atoms with Gasteiger partial charge in [0.2, 0.25) is 0 Å². The monoisotopic (exact) mass is 298 g/mol. The molecule has 110 valence electrons. The fraction of sp³-hybridized carbons (Fsp3) is 0.562. The van der Waals surface area contributed by atoms with Crippen LogP contribution < -0.4 is 0 Å². The summed E-state index contributed by atoms with van der Waals surface area (Å²) in [5.74, 6) is -0.248. The van der Waals surface area contributed by atoms with Gasteiger partial charge >= 0.3 is 0 Å². The van der Waals surface area contributed by atoms with E-state index in [-0.39, 0.29) is 23.7 Å². The van der Waals surface area contributed by atoms with Crippen LogP contribution in [-0.2, 0) is 16.0 Å². The zero-order valence-electron chi connectivity index (χ0n) is 11.7. The molecule has 0 bridgehead atoms. The third-order valence-electron chi connectivity index (χ3n) is 4.06. The van der Waals surface area contributed by atoms with Crippen molar-refractivity contribution in [2.24, 2.45) is 5.92 Å². The van der Waals surface area contributed by atoms with Crippen LogP contribution in [0.1, 0.15) is 37.7 Å². The number of hydrogen-bond acceptors (Lipinski definition) is 2. The summed E-state index contributed by atoms with van der Waals surface area (Å²) in [6.07, 6.45) is 5.08. The Morgan fingerprint density at radius 2 is 2.10 bits per heavy atom. The van der Waals surface area contributed by atoms with E-state index in [2.05, 4.69) is 0 Å². The lowest BCUT2D eigenvalue weighted by Gasteiger charge is -2.28. The first-order valence-corrected chi connectivity index (χ1v) is 7.49. The minimum Gasteiger partial charge on any atom is -0.373 e. The summed E-state index contributed by atoms with van der Waals surface area (Å²) in [5.41, 5.74) is 0.275. The Hall–Kier alpha value is -0.930. The van der Waals surface area contributed by atoms with E-state index in [4.69, 9.17) is 16.3 Å². The van der Waals surface area contributed by atoms with E-state index < -0.39 is 11.9 Å². The van der Waals surface area contributed by atoms with Gasteiger partial charge in [0.15, 0.2) is 5.78 Å². The quantitative estimate of drug-likeness (QED) is 0.815. The highest BCUT2D eigenvalue weighted by atomic mass is 35.5. The maximum absolute atomic E-state index is 13.7. The number of rotatable bonds is 5. The lowest BCUT2D eigenvalue weighted by Crippen LogP contribution is -2.34. The van der Waals surface area contributed by atoms with E-state index in [0.29, 0.717) is 5.02 Å². The second kappa shape index (κ2) is 7.19. The molecule has 1 aliphatic rings. The van der Waals surface area contributed by atoms with Crippen LogP contribution >= 0.6 is 11.6 Å². The smallest absolute Gasteiger partial charge is 0.166 e. The van der Waals surface area contributed by atoms with Crippen LogP contribution in [0.5, 0.6) is 0 Å². The van der Waals surface area contributed by atoms with Gasteiger partial charge in [-0.25, -0.2) is 4.39 Å².